The quantitative estimate of drug-likeness (QED) is 0.243. The average molecular weight is 555 g/mol. The van der Waals surface area contributed by atoms with Crippen LogP contribution < -0.4 is 10.3 Å². The van der Waals surface area contributed by atoms with E-state index in [1.54, 1.807) is 22.8 Å². The van der Waals surface area contributed by atoms with Crippen molar-refractivity contribution in [3.8, 4) is 5.69 Å². The molecule has 0 bridgehead atoms. The van der Waals surface area contributed by atoms with Gasteiger partial charge < -0.3 is 0 Å². The number of hydrogen-bond donors (Lipinski definition) is 1. The fourth-order valence-corrected chi connectivity index (χ4v) is 6.40. The van der Waals surface area contributed by atoms with Crippen LogP contribution in [0.4, 0.5) is 0 Å². The van der Waals surface area contributed by atoms with Crippen LogP contribution in [0.2, 0.25) is 0 Å². The molecule has 40 heavy (non-hydrogen) atoms. The highest BCUT2D eigenvalue weighted by atomic mass is 32.2. The molecule has 4 aromatic carbocycles. The van der Waals surface area contributed by atoms with Crippen LogP contribution in [-0.2, 0) is 10.0 Å². The highest BCUT2D eigenvalue weighted by Crippen LogP contribution is 2.24. The summed E-state index contributed by atoms with van der Waals surface area (Å²) in [5.41, 5.74) is 2.38. The molecule has 0 radical (unpaired) electrons. The first-order valence-electron chi connectivity index (χ1n) is 13.6. The summed E-state index contributed by atoms with van der Waals surface area (Å²) in [6, 6.07) is 27.7. The van der Waals surface area contributed by atoms with E-state index >= 15 is 0 Å². The van der Waals surface area contributed by atoms with E-state index < -0.39 is 10.0 Å². The number of rotatable bonds is 10. The van der Waals surface area contributed by atoms with Crippen LogP contribution in [0.3, 0.4) is 0 Å². The van der Waals surface area contributed by atoms with Crippen molar-refractivity contribution in [1.82, 2.24) is 19.2 Å². The van der Waals surface area contributed by atoms with Crippen molar-refractivity contribution in [3.63, 3.8) is 0 Å². The normalized spacial score (nSPS) is 12.8. The second-order valence-corrected chi connectivity index (χ2v) is 11.8. The van der Waals surface area contributed by atoms with E-state index in [0.717, 1.165) is 23.1 Å². The van der Waals surface area contributed by atoms with Crippen LogP contribution in [0.15, 0.2) is 101 Å². The topological polar surface area (TPSA) is 84.3 Å². The molecule has 0 spiro atoms. The molecule has 206 valence electrons. The second-order valence-electron chi connectivity index (χ2n) is 10.1. The summed E-state index contributed by atoms with van der Waals surface area (Å²) in [7, 11) is -3.73. The molecular formula is C32H34N4O3S. The molecule has 1 heterocycles. The van der Waals surface area contributed by atoms with Gasteiger partial charge in [0, 0.05) is 18.5 Å². The van der Waals surface area contributed by atoms with Crippen LogP contribution >= 0.6 is 0 Å². The van der Waals surface area contributed by atoms with Crippen molar-refractivity contribution < 1.29 is 8.42 Å². The zero-order chi connectivity index (χ0) is 28.3. The zero-order valence-electron chi connectivity index (χ0n) is 23.0. The number of benzene rings is 4. The minimum absolute atomic E-state index is 0.121. The van der Waals surface area contributed by atoms with Gasteiger partial charge in [-0.3, -0.25) is 14.3 Å². The van der Waals surface area contributed by atoms with Gasteiger partial charge in [-0.1, -0.05) is 73.2 Å². The lowest BCUT2D eigenvalue weighted by atomic mass is 10.1. The lowest BCUT2D eigenvalue weighted by Gasteiger charge is -2.30. The predicted octanol–water partition coefficient (Wildman–Crippen LogP) is 5.60. The Labute approximate surface area is 235 Å². The van der Waals surface area contributed by atoms with E-state index in [2.05, 4.69) is 16.5 Å². The third kappa shape index (κ3) is 5.56. The number of sulfonamides is 1. The van der Waals surface area contributed by atoms with E-state index in [1.807, 2.05) is 86.6 Å². The van der Waals surface area contributed by atoms with E-state index in [4.69, 9.17) is 4.98 Å². The molecule has 0 aliphatic rings. The lowest BCUT2D eigenvalue weighted by molar-refractivity contribution is 0.205. The van der Waals surface area contributed by atoms with Crippen molar-refractivity contribution in [1.29, 1.82) is 0 Å². The van der Waals surface area contributed by atoms with Gasteiger partial charge in [0.05, 0.1) is 27.5 Å². The molecule has 1 unspecified atom stereocenters. The monoisotopic (exact) mass is 554 g/mol. The SMILES string of the molecule is CCCN(CCNS(=O)(=O)c1cccc2ccccc12)C(C)c1nc2ccccc2c(=O)n1-c1ccc(C)cc1. The second kappa shape index (κ2) is 11.7. The Kier molecular flexibility index (Phi) is 8.12. The van der Waals surface area contributed by atoms with Gasteiger partial charge in [-0.05, 0) is 62.5 Å². The molecule has 1 aromatic heterocycles. The molecule has 5 aromatic rings. The van der Waals surface area contributed by atoms with E-state index in [-0.39, 0.29) is 23.0 Å². The predicted molar refractivity (Wildman–Crippen MR) is 161 cm³/mol. The number of fused-ring (bicyclic) bond motifs is 2. The van der Waals surface area contributed by atoms with Crippen LogP contribution in [-0.4, -0.2) is 42.5 Å². The largest absolute Gasteiger partial charge is 0.292 e. The van der Waals surface area contributed by atoms with Crippen LogP contribution in [0.5, 0.6) is 0 Å². The van der Waals surface area contributed by atoms with Gasteiger partial charge in [-0.25, -0.2) is 18.1 Å². The molecule has 1 atom stereocenters. The maximum absolute atomic E-state index is 13.7. The van der Waals surface area contributed by atoms with Crippen molar-refractivity contribution in [2.24, 2.45) is 0 Å². The summed E-state index contributed by atoms with van der Waals surface area (Å²) in [6.07, 6.45) is 0.864. The Balaban J connectivity index is 1.46. The number of hydrogen-bond acceptors (Lipinski definition) is 5. The summed E-state index contributed by atoms with van der Waals surface area (Å²) in [6.45, 7) is 7.51. The summed E-state index contributed by atoms with van der Waals surface area (Å²) in [5, 5.41) is 2.13. The van der Waals surface area contributed by atoms with Gasteiger partial charge in [-0.2, -0.15) is 0 Å². The van der Waals surface area contributed by atoms with Crippen molar-refractivity contribution in [3.05, 3.63) is 113 Å². The Morgan fingerprint density at radius 1 is 0.875 bits per heavy atom. The maximum atomic E-state index is 13.7. The first-order valence-corrected chi connectivity index (χ1v) is 15.1. The first-order chi connectivity index (χ1) is 19.3. The zero-order valence-corrected chi connectivity index (χ0v) is 23.9. The Morgan fingerprint density at radius 3 is 2.30 bits per heavy atom. The van der Waals surface area contributed by atoms with Crippen molar-refractivity contribution in [2.75, 3.05) is 19.6 Å². The van der Waals surface area contributed by atoms with Gasteiger partial charge in [0.2, 0.25) is 10.0 Å². The standard InChI is InChI=1S/C32H34N4O3S/c1-4-21-35(22-20-33-40(38,39)30-15-9-11-25-10-5-6-12-27(25)30)24(3)31-34-29-14-8-7-13-28(29)32(37)36(31)26-18-16-23(2)17-19-26/h5-19,24,33H,4,20-22H2,1-3H3. The van der Waals surface area contributed by atoms with Gasteiger partial charge in [0.25, 0.3) is 5.56 Å². The van der Waals surface area contributed by atoms with Gasteiger partial charge in [0.1, 0.15) is 5.82 Å². The van der Waals surface area contributed by atoms with Gasteiger partial charge in [-0.15, -0.1) is 0 Å². The van der Waals surface area contributed by atoms with Crippen LogP contribution in [0.1, 0.15) is 37.7 Å². The molecule has 0 aliphatic heterocycles. The third-order valence-electron chi connectivity index (χ3n) is 7.26. The Hall–Kier alpha value is -3.85. The molecule has 7 nitrogen and oxygen atoms in total. The molecule has 8 heteroatoms. The Bertz CT molecular complexity index is 1810. The molecule has 5 rings (SSSR count). The maximum Gasteiger partial charge on any atom is 0.266 e. The first kappa shape index (κ1) is 27.7. The van der Waals surface area contributed by atoms with E-state index in [0.29, 0.717) is 35.2 Å². The lowest BCUT2D eigenvalue weighted by Crippen LogP contribution is -2.39. The van der Waals surface area contributed by atoms with Crippen molar-refractivity contribution >= 4 is 31.7 Å². The number of aryl methyl sites for hydroxylation is 1. The highest BCUT2D eigenvalue weighted by Gasteiger charge is 2.24. The summed E-state index contributed by atoms with van der Waals surface area (Å²) < 4.78 is 31.1. The molecule has 0 saturated heterocycles. The molecular weight excluding hydrogens is 520 g/mol. The van der Waals surface area contributed by atoms with Gasteiger partial charge in [0.15, 0.2) is 0 Å². The fraction of sp³-hybridized carbons (Fsp3) is 0.250. The minimum atomic E-state index is -3.73. The van der Waals surface area contributed by atoms with E-state index in [1.165, 1.54) is 0 Å². The number of aromatic nitrogens is 2. The molecule has 0 aliphatic carbocycles. The summed E-state index contributed by atoms with van der Waals surface area (Å²) in [4.78, 5) is 21.1. The fourth-order valence-electron chi connectivity index (χ4n) is 5.15. The number of nitrogens with zero attached hydrogens (tertiary/aromatic N) is 3. The molecule has 0 amide bonds. The Morgan fingerprint density at radius 2 is 1.55 bits per heavy atom. The molecule has 0 saturated carbocycles. The average Bonchev–Trinajstić information content (AvgIpc) is 2.96. The third-order valence-corrected chi connectivity index (χ3v) is 8.78. The summed E-state index contributed by atoms with van der Waals surface area (Å²) >= 11 is 0. The number of para-hydroxylation sites is 1. The van der Waals surface area contributed by atoms with Crippen LogP contribution in [0.25, 0.3) is 27.4 Å². The molecule has 0 fully saturated rings. The highest BCUT2D eigenvalue weighted by molar-refractivity contribution is 7.89. The van der Waals surface area contributed by atoms with E-state index in [9.17, 15) is 13.2 Å². The smallest absolute Gasteiger partial charge is 0.266 e. The molecule has 1 N–H and O–H groups in total. The minimum Gasteiger partial charge on any atom is -0.292 e. The summed E-state index contributed by atoms with van der Waals surface area (Å²) in [5.74, 6) is 0.623. The van der Waals surface area contributed by atoms with Crippen molar-refractivity contribution in [2.45, 2.75) is 38.1 Å². The van der Waals surface area contributed by atoms with Gasteiger partial charge >= 0.3 is 0 Å². The number of nitrogens with one attached hydrogen (secondary N) is 1. The van der Waals surface area contributed by atoms with Crippen LogP contribution in [0, 0.1) is 6.92 Å².